The van der Waals surface area contributed by atoms with E-state index in [9.17, 15) is 0 Å². The van der Waals surface area contributed by atoms with E-state index in [0.717, 1.165) is 13.2 Å². The highest BCUT2D eigenvalue weighted by molar-refractivity contribution is 5.38. The van der Waals surface area contributed by atoms with E-state index < -0.39 is 0 Å². The molecule has 4 rings (SSSR count). The van der Waals surface area contributed by atoms with Crippen molar-refractivity contribution < 1.29 is 14.2 Å². The first kappa shape index (κ1) is 8.74. The maximum atomic E-state index is 5.82. The minimum absolute atomic E-state index is 0.138. The van der Waals surface area contributed by atoms with Gasteiger partial charge < -0.3 is 14.2 Å². The molecule has 6 atom stereocenters. The van der Waals surface area contributed by atoms with Gasteiger partial charge in [-0.3, -0.25) is 0 Å². The number of rotatable bonds is 1. The molecule has 0 N–H and O–H groups in total. The molecule has 0 amide bonds. The molecule has 4 aliphatic rings. The van der Waals surface area contributed by atoms with Crippen LogP contribution in [0.3, 0.4) is 0 Å². The highest BCUT2D eigenvalue weighted by Gasteiger charge is 2.79. The number of hydrogen-bond donors (Lipinski definition) is 0. The number of methoxy groups -OCH3 is 1. The molecule has 3 fully saturated rings. The quantitative estimate of drug-likeness (QED) is 0.603. The monoisotopic (exact) mass is 208 g/mol. The molecule has 0 aromatic rings. The smallest absolute Gasteiger partial charge is 0.146 e. The lowest BCUT2D eigenvalue weighted by Crippen LogP contribution is -2.29. The van der Waals surface area contributed by atoms with Crippen LogP contribution in [0.4, 0.5) is 0 Å². The molecule has 1 saturated heterocycles. The van der Waals surface area contributed by atoms with Crippen molar-refractivity contribution in [2.75, 3.05) is 27.1 Å². The molecule has 0 spiro atoms. The molecule has 1 heterocycles. The molecule has 0 aromatic heterocycles. The van der Waals surface area contributed by atoms with Crippen molar-refractivity contribution in [2.45, 2.75) is 5.60 Å². The van der Waals surface area contributed by atoms with E-state index in [1.165, 1.54) is 0 Å². The summed E-state index contributed by atoms with van der Waals surface area (Å²) in [6, 6.07) is 0. The molecule has 1 aliphatic heterocycles. The van der Waals surface area contributed by atoms with Gasteiger partial charge in [0.1, 0.15) is 6.79 Å². The van der Waals surface area contributed by atoms with Gasteiger partial charge in [-0.1, -0.05) is 12.2 Å². The third kappa shape index (κ3) is 0.811. The first-order valence-corrected chi connectivity index (χ1v) is 5.78. The predicted octanol–water partition coefficient (Wildman–Crippen LogP) is 1.05. The zero-order valence-electron chi connectivity index (χ0n) is 8.89. The van der Waals surface area contributed by atoms with Gasteiger partial charge in [-0.25, -0.2) is 0 Å². The van der Waals surface area contributed by atoms with E-state index in [2.05, 4.69) is 12.2 Å². The Hall–Kier alpha value is -0.380. The van der Waals surface area contributed by atoms with Gasteiger partial charge in [0.05, 0.1) is 18.8 Å². The number of fused-ring (bicyclic) bond motifs is 4. The summed E-state index contributed by atoms with van der Waals surface area (Å²) in [4.78, 5) is 0. The Morgan fingerprint density at radius 1 is 1.13 bits per heavy atom. The van der Waals surface area contributed by atoms with Gasteiger partial charge in [0.2, 0.25) is 0 Å². The Labute approximate surface area is 89.4 Å². The van der Waals surface area contributed by atoms with Crippen molar-refractivity contribution in [1.82, 2.24) is 0 Å². The lowest BCUT2D eigenvalue weighted by atomic mass is 9.85. The van der Waals surface area contributed by atoms with E-state index in [0.29, 0.717) is 36.4 Å². The van der Waals surface area contributed by atoms with Crippen LogP contribution in [0.15, 0.2) is 12.2 Å². The second-order valence-corrected chi connectivity index (χ2v) is 5.21. The molecule has 3 aliphatic carbocycles. The summed E-state index contributed by atoms with van der Waals surface area (Å²) < 4.78 is 16.8. The van der Waals surface area contributed by atoms with Crippen LogP contribution in [-0.2, 0) is 14.2 Å². The first-order chi connectivity index (χ1) is 7.39. The van der Waals surface area contributed by atoms with E-state index >= 15 is 0 Å². The van der Waals surface area contributed by atoms with Gasteiger partial charge in [-0.05, 0) is 11.8 Å². The van der Waals surface area contributed by atoms with E-state index in [1.807, 2.05) is 7.11 Å². The zero-order chi connectivity index (χ0) is 10.0. The minimum atomic E-state index is 0.138. The molecule has 2 saturated carbocycles. The molecule has 0 bridgehead atoms. The average Bonchev–Trinajstić information content (AvgIpc) is 2.80. The van der Waals surface area contributed by atoms with Crippen molar-refractivity contribution in [3.63, 3.8) is 0 Å². The largest absolute Gasteiger partial charge is 0.377 e. The summed E-state index contributed by atoms with van der Waals surface area (Å²) >= 11 is 0. The first-order valence-electron chi connectivity index (χ1n) is 5.78. The topological polar surface area (TPSA) is 27.7 Å². The van der Waals surface area contributed by atoms with Gasteiger partial charge in [0, 0.05) is 24.9 Å². The lowest BCUT2D eigenvalue weighted by Gasteiger charge is -2.24. The third-order valence-corrected chi connectivity index (χ3v) is 4.98. The Bertz CT molecular complexity index is 327. The predicted molar refractivity (Wildman–Crippen MR) is 53.1 cm³/mol. The summed E-state index contributed by atoms with van der Waals surface area (Å²) in [6.07, 6.45) is 4.71. The summed E-state index contributed by atoms with van der Waals surface area (Å²) in [6.45, 7) is 2.17. The molecule has 3 heteroatoms. The van der Waals surface area contributed by atoms with Crippen molar-refractivity contribution >= 4 is 0 Å². The number of ether oxygens (including phenoxy) is 3. The molecule has 3 nitrogen and oxygen atoms in total. The second kappa shape index (κ2) is 2.65. The maximum absolute atomic E-state index is 5.82. The maximum Gasteiger partial charge on any atom is 0.146 e. The van der Waals surface area contributed by atoms with E-state index in [1.54, 1.807) is 0 Å². The van der Waals surface area contributed by atoms with Crippen molar-refractivity contribution in [2.24, 2.45) is 29.6 Å². The fourth-order valence-corrected chi connectivity index (χ4v) is 4.44. The van der Waals surface area contributed by atoms with Crippen LogP contribution in [0.2, 0.25) is 0 Å². The van der Waals surface area contributed by atoms with Gasteiger partial charge in [0.25, 0.3) is 0 Å². The highest BCUT2D eigenvalue weighted by Crippen LogP contribution is 2.74. The molecular weight excluding hydrogens is 192 g/mol. The summed E-state index contributed by atoms with van der Waals surface area (Å²) in [5.41, 5.74) is 0.138. The van der Waals surface area contributed by atoms with Crippen LogP contribution in [0.5, 0.6) is 0 Å². The Morgan fingerprint density at radius 2 is 1.87 bits per heavy atom. The summed E-state index contributed by atoms with van der Waals surface area (Å²) in [5, 5.41) is 0. The average molecular weight is 208 g/mol. The molecule has 0 radical (unpaired) electrons. The Kier molecular flexibility index (Phi) is 1.54. The Balaban J connectivity index is 1.72. The molecule has 1 unspecified atom stereocenters. The van der Waals surface area contributed by atoms with Crippen LogP contribution in [0, 0.1) is 29.6 Å². The molecule has 82 valence electrons. The van der Waals surface area contributed by atoms with E-state index in [4.69, 9.17) is 14.2 Å². The number of hydrogen-bond acceptors (Lipinski definition) is 3. The van der Waals surface area contributed by atoms with Gasteiger partial charge >= 0.3 is 0 Å². The standard InChI is InChI=1S/C12H16O3/c1-13-12-9-2-3-10(12)11(12)8-5-15-6-14-4-7(8)9/h2-3,7-11H,4-6H2,1H3/t7-,8+,9+,10-,11+,12?/m0/s1. The lowest BCUT2D eigenvalue weighted by molar-refractivity contribution is -0.0478. The fourth-order valence-electron chi connectivity index (χ4n) is 4.44. The van der Waals surface area contributed by atoms with Crippen LogP contribution in [-0.4, -0.2) is 32.7 Å². The summed E-state index contributed by atoms with van der Waals surface area (Å²) in [5.74, 6) is 3.20. The minimum Gasteiger partial charge on any atom is -0.377 e. The van der Waals surface area contributed by atoms with Crippen molar-refractivity contribution in [1.29, 1.82) is 0 Å². The highest BCUT2D eigenvalue weighted by atomic mass is 16.7. The summed E-state index contributed by atoms with van der Waals surface area (Å²) in [7, 11) is 1.86. The van der Waals surface area contributed by atoms with Crippen molar-refractivity contribution in [3.8, 4) is 0 Å². The Morgan fingerprint density at radius 3 is 2.67 bits per heavy atom. The molecular formula is C12H16O3. The zero-order valence-corrected chi connectivity index (χ0v) is 8.89. The van der Waals surface area contributed by atoms with Gasteiger partial charge in [0.15, 0.2) is 0 Å². The molecule has 0 aromatic carbocycles. The van der Waals surface area contributed by atoms with Gasteiger partial charge in [-0.2, -0.15) is 0 Å². The SMILES string of the molecule is COC12[C@@H]3[C@@H]4COCOC[C@@H]4[C@H]1C=C[C@@H]32. The van der Waals surface area contributed by atoms with E-state index in [-0.39, 0.29) is 5.60 Å². The van der Waals surface area contributed by atoms with Crippen LogP contribution in [0.25, 0.3) is 0 Å². The van der Waals surface area contributed by atoms with Crippen LogP contribution in [0.1, 0.15) is 0 Å². The van der Waals surface area contributed by atoms with Crippen molar-refractivity contribution in [3.05, 3.63) is 12.2 Å². The van der Waals surface area contributed by atoms with Crippen LogP contribution >= 0.6 is 0 Å². The van der Waals surface area contributed by atoms with Crippen LogP contribution < -0.4 is 0 Å². The fraction of sp³-hybridized carbons (Fsp3) is 0.833. The second-order valence-electron chi connectivity index (χ2n) is 5.21. The van der Waals surface area contributed by atoms with Gasteiger partial charge in [-0.15, -0.1) is 0 Å². The molecule has 15 heavy (non-hydrogen) atoms. The third-order valence-electron chi connectivity index (χ3n) is 4.98. The normalized spacial score (nSPS) is 59.9.